The molecule has 0 aliphatic rings. The van der Waals surface area contributed by atoms with Gasteiger partial charge in [-0.1, -0.05) is 26.0 Å². The minimum atomic E-state index is -0.189. The van der Waals surface area contributed by atoms with E-state index in [-0.39, 0.29) is 5.91 Å². The van der Waals surface area contributed by atoms with Gasteiger partial charge >= 0.3 is 0 Å². The van der Waals surface area contributed by atoms with Crippen molar-refractivity contribution in [2.45, 2.75) is 19.8 Å². The standard InChI is InChI=1S/C14H18N4O/c1-9(2)10-4-6-11(7-5-10)14(19)17-13-12(15)8-16-18(13)3/h4-9H,15H2,1-3H3,(H,17,19). The van der Waals surface area contributed by atoms with Gasteiger partial charge in [-0.3, -0.25) is 9.48 Å². The quantitative estimate of drug-likeness (QED) is 0.887. The number of hydrogen-bond donors (Lipinski definition) is 2. The van der Waals surface area contributed by atoms with Crippen molar-refractivity contribution in [3.05, 3.63) is 41.6 Å². The molecule has 0 saturated heterocycles. The van der Waals surface area contributed by atoms with Crippen molar-refractivity contribution < 1.29 is 4.79 Å². The summed E-state index contributed by atoms with van der Waals surface area (Å²) in [6.45, 7) is 4.23. The van der Waals surface area contributed by atoms with Crippen LogP contribution in [0.1, 0.15) is 35.7 Å². The molecule has 0 unspecified atom stereocenters. The van der Waals surface area contributed by atoms with Crippen LogP contribution in [0.15, 0.2) is 30.5 Å². The lowest BCUT2D eigenvalue weighted by Crippen LogP contribution is -2.15. The van der Waals surface area contributed by atoms with Crippen molar-refractivity contribution in [1.29, 1.82) is 0 Å². The number of benzene rings is 1. The fraction of sp³-hybridized carbons (Fsp3) is 0.286. The SMILES string of the molecule is CC(C)c1ccc(C(=O)Nc2c(N)cnn2C)cc1. The molecular formula is C14H18N4O. The summed E-state index contributed by atoms with van der Waals surface area (Å²) in [4.78, 5) is 12.1. The molecule has 0 fully saturated rings. The number of nitrogens with two attached hydrogens (primary N) is 1. The van der Waals surface area contributed by atoms with Crippen LogP contribution in [-0.2, 0) is 7.05 Å². The Bertz CT molecular complexity index is 564. The van der Waals surface area contributed by atoms with Gasteiger partial charge < -0.3 is 11.1 Å². The normalized spacial score (nSPS) is 10.7. The Morgan fingerprint density at radius 1 is 1.32 bits per heavy atom. The largest absolute Gasteiger partial charge is 0.394 e. The van der Waals surface area contributed by atoms with E-state index in [0.29, 0.717) is 23.0 Å². The van der Waals surface area contributed by atoms with Crippen LogP contribution in [0.4, 0.5) is 11.5 Å². The maximum atomic E-state index is 12.1. The van der Waals surface area contributed by atoms with Crippen molar-refractivity contribution >= 4 is 17.4 Å². The number of aromatic nitrogens is 2. The van der Waals surface area contributed by atoms with Crippen molar-refractivity contribution in [2.75, 3.05) is 11.1 Å². The zero-order valence-electron chi connectivity index (χ0n) is 11.3. The predicted octanol–water partition coefficient (Wildman–Crippen LogP) is 2.38. The fourth-order valence-corrected chi connectivity index (χ4v) is 1.81. The van der Waals surface area contributed by atoms with E-state index in [1.165, 1.54) is 16.4 Å². The Kier molecular flexibility index (Phi) is 3.55. The molecular weight excluding hydrogens is 240 g/mol. The number of anilines is 2. The van der Waals surface area contributed by atoms with Gasteiger partial charge in [0.2, 0.25) is 0 Å². The summed E-state index contributed by atoms with van der Waals surface area (Å²) < 4.78 is 1.54. The van der Waals surface area contributed by atoms with Gasteiger partial charge in [0.15, 0.2) is 5.82 Å². The van der Waals surface area contributed by atoms with Gasteiger partial charge in [-0.2, -0.15) is 5.10 Å². The summed E-state index contributed by atoms with van der Waals surface area (Å²) in [5, 5.41) is 6.74. The van der Waals surface area contributed by atoms with E-state index in [9.17, 15) is 4.79 Å². The maximum Gasteiger partial charge on any atom is 0.256 e. The molecule has 2 rings (SSSR count). The summed E-state index contributed by atoms with van der Waals surface area (Å²) >= 11 is 0. The molecule has 5 nitrogen and oxygen atoms in total. The Labute approximate surface area is 112 Å². The molecule has 100 valence electrons. The number of carbonyl (C=O) groups is 1. The topological polar surface area (TPSA) is 72.9 Å². The van der Waals surface area contributed by atoms with Gasteiger partial charge in [0, 0.05) is 12.6 Å². The first-order valence-electron chi connectivity index (χ1n) is 6.18. The number of rotatable bonds is 3. The van der Waals surface area contributed by atoms with Gasteiger partial charge in [-0.05, 0) is 23.6 Å². The number of hydrogen-bond acceptors (Lipinski definition) is 3. The first-order chi connectivity index (χ1) is 8.99. The Hall–Kier alpha value is -2.30. The molecule has 0 atom stereocenters. The second-order valence-corrected chi connectivity index (χ2v) is 4.80. The van der Waals surface area contributed by atoms with Crippen molar-refractivity contribution in [2.24, 2.45) is 7.05 Å². The maximum absolute atomic E-state index is 12.1. The van der Waals surface area contributed by atoms with Crippen molar-refractivity contribution in [3.8, 4) is 0 Å². The Morgan fingerprint density at radius 2 is 1.95 bits per heavy atom. The minimum Gasteiger partial charge on any atom is -0.394 e. The number of amides is 1. The summed E-state index contributed by atoms with van der Waals surface area (Å²) in [6, 6.07) is 7.56. The third-order valence-corrected chi connectivity index (χ3v) is 3.04. The molecule has 19 heavy (non-hydrogen) atoms. The minimum absolute atomic E-state index is 0.189. The number of nitrogens with one attached hydrogen (secondary N) is 1. The number of carbonyl (C=O) groups excluding carboxylic acids is 1. The third-order valence-electron chi connectivity index (χ3n) is 3.04. The number of aryl methyl sites for hydroxylation is 1. The first-order valence-corrected chi connectivity index (χ1v) is 6.18. The van der Waals surface area contributed by atoms with E-state index in [0.717, 1.165) is 0 Å². The molecule has 5 heteroatoms. The monoisotopic (exact) mass is 258 g/mol. The molecule has 0 aliphatic carbocycles. The molecule has 1 amide bonds. The van der Waals surface area contributed by atoms with Crippen LogP contribution in [0.2, 0.25) is 0 Å². The van der Waals surface area contributed by atoms with E-state index in [1.54, 1.807) is 7.05 Å². The molecule has 2 aromatic rings. The summed E-state index contributed by atoms with van der Waals surface area (Å²) in [6.07, 6.45) is 1.51. The molecule has 1 aromatic carbocycles. The molecule has 1 heterocycles. The second kappa shape index (κ2) is 5.14. The summed E-state index contributed by atoms with van der Waals surface area (Å²) in [5.74, 6) is 0.772. The van der Waals surface area contributed by atoms with E-state index in [4.69, 9.17) is 5.73 Å². The van der Waals surface area contributed by atoms with Gasteiger partial charge in [0.25, 0.3) is 5.91 Å². The van der Waals surface area contributed by atoms with E-state index in [1.807, 2.05) is 24.3 Å². The Morgan fingerprint density at radius 3 is 2.42 bits per heavy atom. The molecule has 0 saturated carbocycles. The lowest BCUT2D eigenvalue weighted by Gasteiger charge is -2.08. The van der Waals surface area contributed by atoms with Crippen molar-refractivity contribution in [1.82, 2.24) is 9.78 Å². The van der Waals surface area contributed by atoms with Crippen LogP contribution in [0, 0.1) is 0 Å². The predicted molar refractivity (Wildman–Crippen MR) is 76.1 cm³/mol. The number of nitrogens with zero attached hydrogens (tertiary/aromatic N) is 2. The van der Waals surface area contributed by atoms with Crippen LogP contribution in [0.5, 0.6) is 0 Å². The van der Waals surface area contributed by atoms with Crippen LogP contribution in [-0.4, -0.2) is 15.7 Å². The van der Waals surface area contributed by atoms with Crippen LogP contribution < -0.4 is 11.1 Å². The first kappa shape index (κ1) is 13.1. The average molecular weight is 258 g/mol. The lowest BCUT2D eigenvalue weighted by molar-refractivity contribution is 0.102. The molecule has 0 aliphatic heterocycles. The molecule has 0 bridgehead atoms. The second-order valence-electron chi connectivity index (χ2n) is 4.80. The zero-order valence-corrected chi connectivity index (χ0v) is 11.3. The fourth-order valence-electron chi connectivity index (χ4n) is 1.81. The van der Waals surface area contributed by atoms with Gasteiger partial charge in [0.05, 0.1) is 11.9 Å². The summed E-state index contributed by atoms with van der Waals surface area (Å²) in [5.41, 5.74) is 7.99. The van der Waals surface area contributed by atoms with Gasteiger partial charge in [0.1, 0.15) is 0 Å². The molecule has 1 aromatic heterocycles. The lowest BCUT2D eigenvalue weighted by atomic mass is 10.0. The van der Waals surface area contributed by atoms with Crippen LogP contribution >= 0.6 is 0 Å². The highest BCUT2D eigenvalue weighted by atomic mass is 16.1. The Balaban J connectivity index is 2.16. The zero-order chi connectivity index (χ0) is 14.0. The highest BCUT2D eigenvalue weighted by Gasteiger charge is 2.11. The highest BCUT2D eigenvalue weighted by molar-refractivity contribution is 6.05. The van der Waals surface area contributed by atoms with Crippen LogP contribution in [0.3, 0.4) is 0 Å². The van der Waals surface area contributed by atoms with Gasteiger partial charge in [-0.25, -0.2) is 0 Å². The van der Waals surface area contributed by atoms with Crippen molar-refractivity contribution in [3.63, 3.8) is 0 Å². The smallest absolute Gasteiger partial charge is 0.256 e. The van der Waals surface area contributed by atoms with E-state index < -0.39 is 0 Å². The highest BCUT2D eigenvalue weighted by Crippen LogP contribution is 2.18. The number of nitrogen functional groups attached to an aromatic ring is 1. The van der Waals surface area contributed by atoms with Gasteiger partial charge in [-0.15, -0.1) is 0 Å². The third kappa shape index (κ3) is 2.76. The molecule has 3 N–H and O–H groups in total. The average Bonchev–Trinajstić information content (AvgIpc) is 2.70. The van der Waals surface area contributed by atoms with E-state index >= 15 is 0 Å². The van der Waals surface area contributed by atoms with Crippen LogP contribution in [0.25, 0.3) is 0 Å². The molecule has 0 spiro atoms. The van der Waals surface area contributed by atoms with E-state index in [2.05, 4.69) is 24.3 Å². The molecule has 0 radical (unpaired) electrons. The summed E-state index contributed by atoms with van der Waals surface area (Å²) in [7, 11) is 1.73.